The van der Waals surface area contributed by atoms with E-state index in [9.17, 15) is 0 Å². The number of hydrogen-bond acceptors (Lipinski definition) is 4. The highest BCUT2D eigenvalue weighted by Crippen LogP contribution is 2.41. The van der Waals surface area contributed by atoms with E-state index in [1.807, 2.05) is 18.2 Å². The van der Waals surface area contributed by atoms with Crippen molar-refractivity contribution < 1.29 is 4.42 Å². The minimum atomic E-state index is 0.539. The minimum absolute atomic E-state index is 0.539. The van der Waals surface area contributed by atoms with Gasteiger partial charge in [-0.3, -0.25) is 0 Å². The third kappa shape index (κ3) is 5.14. The van der Waals surface area contributed by atoms with E-state index in [0.717, 1.165) is 77.2 Å². The van der Waals surface area contributed by atoms with Crippen LogP contribution in [0.3, 0.4) is 0 Å². The molecule has 0 aliphatic carbocycles. The maximum absolute atomic E-state index is 6.76. The predicted octanol–water partition coefficient (Wildman–Crippen LogP) is 13.8. The van der Waals surface area contributed by atoms with Crippen LogP contribution in [0.15, 0.2) is 199 Å². The average molecular weight is 741 g/mol. The van der Waals surface area contributed by atoms with Crippen molar-refractivity contribution in [3.63, 3.8) is 0 Å². The van der Waals surface area contributed by atoms with Crippen molar-refractivity contribution in [1.82, 2.24) is 19.5 Å². The third-order valence-electron chi connectivity index (χ3n) is 11.4. The van der Waals surface area contributed by atoms with Crippen LogP contribution in [0.4, 0.5) is 0 Å². The summed E-state index contributed by atoms with van der Waals surface area (Å²) >= 11 is 0. The molecule has 0 amide bonds. The maximum atomic E-state index is 6.76. The molecular weight excluding hydrogens is 709 g/mol. The molecule has 0 bridgehead atoms. The van der Waals surface area contributed by atoms with Gasteiger partial charge in [-0.15, -0.1) is 0 Å². The van der Waals surface area contributed by atoms with Crippen molar-refractivity contribution in [3.8, 4) is 51.0 Å². The van der Waals surface area contributed by atoms with Gasteiger partial charge in [0.2, 0.25) is 0 Å². The molecule has 58 heavy (non-hydrogen) atoms. The van der Waals surface area contributed by atoms with E-state index < -0.39 is 0 Å². The lowest BCUT2D eigenvalue weighted by atomic mass is 10.0. The fourth-order valence-electron chi connectivity index (χ4n) is 8.65. The van der Waals surface area contributed by atoms with E-state index in [2.05, 4.69) is 180 Å². The van der Waals surface area contributed by atoms with Gasteiger partial charge in [-0.25, -0.2) is 15.0 Å². The van der Waals surface area contributed by atoms with Gasteiger partial charge in [0.1, 0.15) is 11.2 Å². The van der Waals surface area contributed by atoms with Gasteiger partial charge < -0.3 is 8.98 Å². The maximum Gasteiger partial charge on any atom is 0.167 e. The summed E-state index contributed by atoms with van der Waals surface area (Å²) in [6.07, 6.45) is 0. The Bertz CT molecular complexity index is 3560. The summed E-state index contributed by atoms with van der Waals surface area (Å²) in [7, 11) is 0. The topological polar surface area (TPSA) is 56.7 Å². The standard InChI is InChI=1S/C53H32N4O/c1-2-13-33(14-3-1)34-25-27-36(28-26-34)51-54-52(43-22-12-18-35-15-6-7-19-40(35)43)56-53(55-51)46-32-39(31-45-42-21-9-11-24-49(42)58-50(45)46)57-47-23-10-8-20-41(47)44-29-37-16-4-5-17-38(37)30-48(44)57/h1-32H. The molecule has 0 N–H and O–H groups in total. The molecule has 0 saturated heterocycles. The minimum Gasteiger partial charge on any atom is -0.455 e. The third-order valence-corrected chi connectivity index (χ3v) is 11.4. The molecule has 12 rings (SSSR count). The quantitative estimate of drug-likeness (QED) is 0.176. The van der Waals surface area contributed by atoms with E-state index in [1.54, 1.807) is 0 Å². The Morgan fingerprint density at radius 1 is 0.345 bits per heavy atom. The van der Waals surface area contributed by atoms with Crippen LogP contribution in [-0.4, -0.2) is 19.5 Å². The van der Waals surface area contributed by atoms with Gasteiger partial charge in [0.05, 0.1) is 16.6 Å². The normalized spacial score (nSPS) is 11.8. The monoisotopic (exact) mass is 740 g/mol. The second-order valence-corrected chi connectivity index (χ2v) is 14.8. The molecule has 0 fully saturated rings. The Hall–Kier alpha value is -7.89. The molecule has 0 aliphatic rings. The van der Waals surface area contributed by atoms with Crippen LogP contribution in [0.5, 0.6) is 0 Å². The summed E-state index contributed by atoms with van der Waals surface area (Å²) in [4.78, 5) is 15.8. The molecule has 0 unspecified atom stereocenters. The molecule has 0 saturated carbocycles. The number of furan rings is 1. The lowest BCUT2D eigenvalue weighted by Crippen LogP contribution is -2.02. The van der Waals surface area contributed by atoms with E-state index in [0.29, 0.717) is 17.5 Å². The van der Waals surface area contributed by atoms with Crippen molar-refractivity contribution in [2.45, 2.75) is 0 Å². The van der Waals surface area contributed by atoms with Crippen molar-refractivity contribution in [2.24, 2.45) is 0 Å². The summed E-state index contributed by atoms with van der Waals surface area (Å²) < 4.78 is 9.13. The zero-order valence-electron chi connectivity index (χ0n) is 31.2. The second-order valence-electron chi connectivity index (χ2n) is 14.8. The summed E-state index contributed by atoms with van der Waals surface area (Å²) in [6.45, 7) is 0. The molecule has 3 heterocycles. The lowest BCUT2D eigenvalue weighted by Gasteiger charge is -2.13. The van der Waals surface area contributed by atoms with Crippen molar-refractivity contribution >= 4 is 65.3 Å². The number of hydrogen-bond donors (Lipinski definition) is 0. The molecular formula is C53H32N4O. The van der Waals surface area contributed by atoms with Crippen molar-refractivity contribution in [1.29, 1.82) is 0 Å². The zero-order chi connectivity index (χ0) is 38.2. The van der Waals surface area contributed by atoms with E-state index in [1.165, 1.54) is 21.5 Å². The predicted molar refractivity (Wildman–Crippen MR) is 238 cm³/mol. The average Bonchev–Trinajstić information content (AvgIpc) is 3.83. The van der Waals surface area contributed by atoms with E-state index in [-0.39, 0.29) is 0 Å². The summed E-state index contributed by atoms with van der Waals surface area (Å²) in [5.41, 5.74) is 9.71. The van der Waals surface area contributed by atoms with Crippen molar-refractivity contribution in [3.05, 3.63) is 194 Å². The Morgan fingerprint density at radius 2 is 0.948 bits per heavy atom. The molecule has 270 valence electrons. The lowest BCUT2D eigenvalue weighted by molar-refractivity contribution is 0.669. The number of benzene rings is 9. The molecule has 0 atom stereocenters. The van der Waals surface area contributed by atoms with Gasteiger partial charge >= 0.3 is 0 Å². The number of fused-ring (bicyclic) bond motifs is 8. The van der Waals surface area contributed by atoms with Gasteiger partial charge in [-0.1, -0.05) is 158 Å². The van der Waals surface area contributed by atoms with Crippen molar-refractivity contribution in [2.75, 3.05) is 0 Å². The first kappa shape index (κ1) is 32.4. The number of nitrogens with zero attached hydrogens (tertiary/aromatic N) is 4. The highest BCUT2D eigenvalue weighted by Gasteiger charge is 2.22. The van der Waals surface area contributed by atoms with Crippen LogP contribution in [-0.2, 0) is 0 Å². The molecule has 5 nitrogen and oxygen atoms in total. The number of aromatic nitrogens is 4. The highest BCUT2D eigenvalue weighted by molar-refractivity contribution is 6.15. The Morgan fingerprint density at radius 3 is 1.78 bits per heavy atom. The first-order valence-electron chi connectivity index (χ1n) is 19.5. The van der Waals surface area contributed by atoms with Gasteiger partial charge in [0.15, 0.2) is 17.5 Å². The van der Waals surface area contributed by atoms with Gasteiger partial charge in [-0.05, 0) is 69.1 Å². The smallest absolute Gasteiger partial charge is 0.167 e. The van der Waals surface area contributed by atoms with Crippen LogP contribution in [0.2, 0.25) is 0 Å². The first-order valence-corrected chi connectivity index (χ1v) is 19.5. The molecule has 0 radical (unpaired) electrons. The van der Waals surface area contributed by atoms with Crippen LogP contribution in [0.25, 0.3) is 116 Å². The SMILES string of the molecule is c1ccc(-c2ccc(-c3nc(-c4cccc5ccccc45)nc(-c4cc(-n5c6ccccc6c6cc7ccccc7cc65)cc5c4oc4ccccc45)n3)cc2)cc1. The van der Waals surface area contributed by atoms with Gasteiger partial charge in [-0.2, -0.15) is 0 Å². The van der Waals surface area contributed by atoms with Crippen LogP contribution < -0.4 is 0 Å². The number of para-hydroxylation sites is 2. The molecule has 0 aliphatic heterocycles. The van der Waals surface area contributed by atoms with E-state index in [4.69, 9.17) is 19.4 Å². The zero-order valence-corrected chi connectivity index (χ0v) is 31.2. The molecule has 9 aromatic carbocycles. The molecule has 5 heteroatoms. The number of rotatable bonds is 5. The van der Waals surface area contributed by atoms with Gasteiger partial charge in [0, 0.05) is 38.4 Å². The van der Waals surface area contributed by atoms with Crippen LogP contribution in [0.1, 0.15) is 0 Å². The second kappa shape index (κ2) is 12.8. The Labute approximate surface area is 333 Å². The first-order chi connectivity index (χ1) is 28.7. The highest BCUT2D eigenvalue weighted by atomic mass is 16.3. The fraction of sp³-hybridized carbons (Fsp3) is 0. The van der Waals surface area contributed by atoms with Crippen LogP contribution in [0, 0.1) is 0 Å². The fourth-order valence-corrected chi connectivity index (χ4v) is 8.65. The largest absolute Gasteiger partial charge is 0.455 e. The molecule has 3 aromatic heterocycles. The van der Waals surface area contributed by atoms with Crippen LogP contribution >= 0.6 is 0 Å². The molecule has 0 spiro atoms. The summed E-state index contributed by atoms with van der Waals surface area (Å²) in [5, 5.41) is 9.03. The van der Waals surface area contributed by atoms with E-state index >= 15 is 0 Å². The summed E-state index contributed by atoms with van der Waals surface area (Å²) in [5.74, 6) is 1.73. The summed E-state index contributed by atoms with van der Waals surface area (Å²) in [6, 6.07) is 68.1. The Balaban J connectivity index is 1.15. The Kier molecular flexibility index (Phi) is 7.16. The van der Waals surface area contributed by atoms with Gasteiger partial charge in [0.25, 0.3) is 0 Å². The molecule has 12 aromatic rings.